The van der Waals surface area contributed by atoms with Gasteiger partial charge in [0.15, 0.2) is 0 Å². The van der Waals surface area contributed by atoms with Gasteiger partial charge in [0, 0.05) is 12.2 Å². The van der Waals surface area contributed by atoms with Crippen molar-refractivity contribution in [3.05, 3.63) is 29.8 Å². The molecule has 0 atom stereocenters. The van der Waals surface area contributed by atoms with E-state index in [2.05, 4.69) is 16.0 Å². The predicted molar refractivity (Wildman–Crippen MR) is 80.2 cm³/mol. The van der Waals surface area contributed by atoms with E-state index in [1.165, 1.54) is 0 Å². The molecule has 2 amide bonds. The summed E-state index contributed by atoms with van der Waals surface area (Å²) in [5, 5.41) is 17.8. The minimum Gasteiger partial charge on any atom is -0.480 e. The van der Waals surface area contributed by atoms with Crippen molar-refractivity contribution in [2.45, 2.75) is 37.8 Å². The van der Waals surface area contributed by atoms with Crippen molar-refractivity contribution in [3.8, 4) is 0 Å². The number of aliphatic carboxylic acids is 1. The average molecular weight is 291 g/mol. The number of rotatable bonds is 5. The Morgan fingerprint density at radius 2 is 1.90 bits per heavy atom. The SMILES string of the molecule is CNCc1ccccc1NC(=O)NC1(C(=O)O)CCCC1. The Kier molecular flexibility index (Phi) is 4.80. The van der Waals surface area contributed by atoms with Crippen LogP contribution >= 0.6 is 0 Å². The number of anilines is 1. The largest absolute Gasteiger partial charge is 0.480 e. The summed E-state index contributed by atoms with van der Waals surface area (Å²) in [6, 6.07) is 6.97. The number of urea groups is 1. The molecule has 0 spiro atoms. The van der Waals surface area contributed by atoms with Gasteiger partial charge < -0.3 is 21.1 Å². The van der Waals surface area contributed by atoms with Crippen molar-refractivity contribution in [3.63, 3.8) is 0 Å². The number of benzene rings is 1. The normalized spacial score (nSPS) is 16.4. The zero-order valence-electron chi connectivity index (χ0n) is 12.1. The first-order valence-corrected chi connectivity index (χ1v) is 7.12. The smallest absolute Gasteiger partial charge is 0.329 e. The molecule has 1 aliphatic rings. The standard InChI is InChI=1S/C15H21N3O3/c1-16-10-11-6-2-3-7-12(11)17-14(21)18-15(13(19)20)8-4-5-9-15/h2-3,6-7,16H,4-5,8-10H2,1H3,(H,19,20)(H2,17,18,21). The Bertz CT molecular complexity index is 525. The third kappa shape index (κ3) is 3.52. The minimum absolute atomic E-state index is 0.470. The fourth-order valence-electron chi connectivity index (χ4n) is 2.73. The van der Waals surface area contributed by atoms with E-state index in [1.807, 2.05) is 25.2 Å². The summed E-state index contributed by atoms with van der Waals surface area (Å²) in [5.74, 6) is -0.960. The average Bonchev–Trinajstić information content (AvgIpc) is 2.91. The molecule has 2 rings (SSSR count). The number of para-hydroxylation sites is 1. The van der Waals surface area contributed by atoms with E-state index in [9.17, 15) is 14.7 Å². The van der Waals surface area contributed by atoms with Gasteiger partial charge >= 0.3 is 12.0 Å². The molecule has 1 aromatic rings. The molecular weight excluding hydrogens is 270 g/mol. The third-order valence-electron chi connectivity index (χ3n) is 3.85. The molecule has 0 radical (unpaired) electrons. The first-order valence-electron chi connectivity index (χ1n) is 7.12. The van der Waals surface area contributed by atoms with Crippen molar-refractivity contribution in [1.29, 1.82) is 0 Å². The first kappa shape index (κ1) is 15.3. The number of carbonyl (C=O) groups excluding carboxylic acids is 1. The van der Waals surface area contributed by atoms with Crippen molar-refractivity contribution in [1.82, 2.24) is 10.6 Å². The topological polar surface area (TPSA) is 90.5 Å². The molecule has 21 heavy (non-hydrogen) atoms. The second-order valence-corrected chi connectivity index (χ2v) is 5.36. The van der Waals surface area contributed by atoms with Gasteiger partial charge in [0.05, 0.1) is 0 Å². The van der Waals surface area contributed by atoms with Crippen molar-refractivity contribution in [2.24, 2.45) is 0 Å². The number of nitrogens with one attached hydrogen (secondary N) is 3. The Labute approximate surface area is 123 Å². The van der Waals surface area contributed by atoms with Crippen molar-refractivity contribution < 1.29 is 14.7 Å². The minimum atomic E-state index is -1.12. The van der Waals surface area contributed by atoms with Gasteiger partial charge in [-0.25, -0.2) is 9.59 Å². The van der Waals surface area contributed by atoms with Gasteiger partial charge in [-0.05, 0) is 31.5 Å². The zero-order chi connectivity index (χ0) is 15.3. The predicted octanol–water partition coefficient (Wildman–Crippen LogP) is 1.92. The van der Waals surface area contributed by atoms with Gasteiger partial charge in [0.2, 0.25) is 0 Å². The Hall–Kier alpha value is -2.08. The van der Waals surface area contributed by atoms with Crippen LogP contribution in [0.2, 0.25) is 0 Å². The molecule has 0 heterocycles. The quantitative estimate of drug-likeness (QED) is 0.667. The highest BCUT2D eigenvalue weighted by Gasteiger charge is 2.42. The second-order valence-electron chi connectivity index (χ2n) is 5.36. The van der Waals surface area contributed by atoms with Crippen LogP contribution in [0.3, 0.4) is 0 Å². The summed E-state index contributed by atoms with van der Waals surface area (Å²) in [5.41, 5.74) is 0.510. The van der Waals surface area contributed by atoms with Gasteiger partial charge in [-0.2, -0.15) is 0 Å². The fourth-order valence-corrected chi connectivity index (χ4v) is 2.73. The van der Waals surface area contributed by atoms with Gasteiger partial charge in [0.25, 0.3) is 0 Å². The van der Waals surface area contributed by atoms with Crippen molar-refractivity contribution >= 4 is 17.7 Å². The molecule has 6 heteroatoms. The lowest BCUT2D eigenvalue weighted by Crippen LogP contribution is -2.53. The number of carboxylic acid groups (broad SMARTS) is 1. The molecule has 1 aliphatic carbocycles. The molecule has 0 saturated heterocycles. The second kappa shape index (κ2) is 6.58. The summed E-state index contributed by atoms with van der Waals surface area (Å²) in [6.07, 6.45) is 2.60. The maximum Gasteiger partial charge on any atom is 0.329 e. The highest BCUT2D eigenvalue weighted by atomic mass is 16.4. The molecular formula is C15H21N3O3. The van der Waals surface area contributed by atoms with Crippen LogP contribution in [0.15, 0.2) is 24.3 Å². The summed E-state index contributed by atoms with van der Waals surface area (Å²) in [7, 11) is 1.83. The monoisotopic (exact) mass is 291 g/mol. The van der Waals surface area contributed by atoms with E-state index in [0.717, 1.165) is 18.4 Å². The summed E-state index contributed by atoms with van der Waals surface area (Å²) in [6.45, 7) is 0.626. The Balaban J connectivity index is 2.06. The summed E-state index contributed by atoms with van der Waals surface area (Å²) < 4.78 is 0. The lowest BCUT2D eigenvalue weighted by molar-refractivity contribution is -0.144. The lowest BCUT2D eigenvalue weighted by Gasteiger charge is -2.25. The maximum absolute atomic E-state index is 12.1. The number of carboxylic acids is 1. The van der Waals surface area contributed by atoms with Crippen LogP contribution in [0, 0.1) is 0 Å². The van der Waals surface area contributed by atoms with Crippen LogP contribution < -0.4 is 16.0 Å². The lowest BCUT2D eigenvalue weighted by atomic mass is 9.98. The highest BCUT2D eigenvalue weighted by molar-refractivity contribution is 5.94. The molecule has 1 saturated carbocycles. The van der Waals surface area contributed by atoms with Crippen LogP contribution in [-0.4, -0.2) is 29.7 Å². The molecule has 6 nitrogen and oxygen atoms in total. The van der Waals surface area contributed by atoms with Crippen LogP contribution in [0.4, 0.5) is 10.5 Å². The van der Waals surface area contributed by atoms with Gasteiger partial charge in [0.1, 0.15) is 5.54 Å². The number of hydrogen-bond donors (Lipinski definition) is 4. The van der Waals surface area contributed by atoms with E-state index >= 15 is 0 Å². The van der Waals surface area contributed by atoms with Gasteiger partial charge in [-0.1, -0.05) is 31.0 Å². The molecule has 1 aromatic carbocycles. The first-order chi connectivity index (χ1) is 10.1. The van der Waals surface area contributed by atoms with E-state index in [0.29, 0.717) is 25.1 Å². The summed E-state index contributed by atoms with van der Waals surface area (Å²) >= 11 is 0. The van der Waals surface area contributed by atoms with Crippen molar-refractivity contribution in [2.75, 3.05) is 12.4 Å². The molecule has 114 valence electrons. The molecule has 1 fully saturated rings. The zero-order valence-corrected chi connectivity index (χ0v) is 12.1. The highest BCUT2D eigenvalue weighted by Crippen LogP contribution is 2.30. The number of hydrogen-bond acceptors (Lipinski definition) is 3. The van der Waals surface area contributed by atoms with E-state index in [-0.39, 0.29) is 0 Å². The van der Waals surface area contributed by atoms with Crippen LogP contribution in [-0.2, 0) is 11.3 Å². The molecule has 0 aromatic heterocycles. The molecule has 0 unspecified atom stereocenters. The summed E-state index contributed by atoms with van der Waals surface area (Å²) in [4.78, 5) is 23.6. The molecule has 0 bridgehead atoms. The van der Waals surface area contributed by atoms with Gasteiger partial charge in [-0.15, -0.1) is 0 Å². The van der Waals surface area contributed by atoms with Crippen LogP contribution in [0.1, 0.15) is 31.2 Å². The van der Waals surface area contributed by atoms with E-state index in [4.69, 9.17) is 0 Å². The molecule has 0 aliphatic heterocycles. The van der Waals surface area contributed by atoms with Crippen LogP contribution in [0.25, 0.3) is 0 Å². The van der Waals surface area contributed by atoms with Crippen LogP contribution in [0.5, 0.6) is 0 Å². The maximum atomic E-state index is 12.1. The number of carbonyl (C=O) groups is 2. The Morgan fingerprint density at radius 1 is 1.24 bits per heavy atom. The van der Waals surface area contributed by atoms with E-state index in [1.54, 1.807) is 6.07 Å². The Morgan fingerprint density at radius 3 is 2.52 bits per heavy atom. The third-order valence-corrected chi connectivity index (χ3v) is 3.85. The van der Waals surface area contributed by atoms with E-state index < -0.39 is 17.5 Å². The fraction of sp³-hybridized carbons (Fsp3) is 0.467. The van der Waals surface area contributed by atoms with Gasteiger partial charge in [-0.3, -0.25) is 0 Å². The molecule has 4 N–H and O–H groups in total. The number of amides is 2.